The molecule has 0 aliphatic carbocycles. The first kappa shape index (κ1) is 11.3. The molecule has 0 saturated heterocycles. The minimum atomic E-state index is -0.167. The molecule has 8 nitrogen and oxygen atoms in total. The fraction of sp³-hybridized carbons (Fsp3) is 0.182. The van der Waals surface area contributed by atoms with Crippen LogP contribution in [-0.2, 0) is 17.9 Å². The SMILES string of the molecule is O=C(Cn1ncnn1)NCc1cccn2nccc12. The summed E-state index contributed by atoms with van der Waals surface area (Å²) >= 11 is 0. The third-order valence-electron chi connectivity index (χ3n) is 2.68. The summed E-state index contributed by atoms with van der Waals surface area (Å²) in [7, 11) is 0. The standard InChI is InChI=1S/C11H11N7O/c19-11(7-18-15-8-13-16-18)12-6-9-2-1-5-17-10(9)3-4-14-17/h1-5,8H,6-7H2,(H,12,19). The minimum Gasteiger partial charge on any atom is -0.350 e. The van der Waals surface area contributed by atoms with Gasteiger partial charge >= 0.3 is 0 Å². The van der Waals surface area contributed by atoms with Crippen LogP contribution >= 0.6 is 0 Å². The van der Waals surface area contributed by atoms with Crippen molar-refractivity contribution >= 4 is 11.4 Å². The lowest BCUT2D eigenvalue weighted by molar-refractivity contribution is -0.122. The van der Waals surface area contributed by atoms with Gasteiger partial charge in [-0.3, -0.25) is 4.79 Å². The molecule has 1 N–H and O–H groups in total. The van der Waals surface area contributed by atoms with E-state index in [4.69, 9.17) is 0 Å². The van der Waals surface area contributed by atoms with E-state index in [1.807, 2.05) is 24.4 Å². The van der Waals surface area contributed by atoms with E-state index in [1.54, 1.807) is 10.7 Å². The number of tetrazole rings is 1. The van der Waals surface area contributed by atoms with Gasteiger partial charge in [0.25, 0.3) is 0 Å². The topological polar surface area (TPSA) is 90.0 Å². The molecular formula is C11H11N7O. The average molecular weight is 257 g/mol. The minimum absolute atomic E-state index is 0.0579. The van der Waals surface area contributed by atoms with Crippen LogP contribution in [0.25, 0.3) is 5.52 Å². The number of amides is 1. The first-order valence-corrected chi connectivity index (χ1v) is 5.71. The first-order chi connectivity index (χ1) is 9.33. The van der Waals surface area contributed by atoms with Gasteiger partial charge in [-0.15, -0.1) is 10.2 Å². The van der Waals surface area contributed by atoms with E-state index in [2.05, 4.69) is 25.8 Å². The maximum Gasteiger partial charge on any atom is 0.243 e. The van der Waals surface area contributed by atoms with Gasteiger partial charge in [-0.2, -0.15) is 9.90 Å². The Balaban J connectivity index is 1.66. The molecule has 1 amide bonds. The molecule has 3 heterocycles. The van der Waals surface area contributed by atoms with Crippen molar-refractivity contribution in [3.63, 3.8) is 0 Å². The predicted molar refractivity (Wildman–Crippen MR) is 64.9 cm³/mol. The molecular weight excluding hydrogens is 246 g/mol. The second kappa shape index (κ2) is 4.84. The van der Waals surface area contributed by atoms with Crippen LogP contribution in [0.4, 0.5) is 0 Å². The normalized spacial score (nSPS) is 10.7. The van der Waals surface area contributed by atoms with Crippen molar-refractivity contribution in [3.8, 4) is 0 Å². The Morgan fingerprint density at radius 1 is 1.32 bits per heavy atom. The molecule has 0 unspecified atom stereocenters. The van der Waals surface area contributed by atoms with Gasteiger partial charge in [0.2, 0.25) is 5.91 Å². The highest BCUT2D eigenvalue weighted by atomic mass is 16.2. The van der Waals surface area contributed by atoms with E-state index >= 15 is 0 Å². The van der Waals surface area contributed by atoms with Gasteiger partial charge in [-0.05, 0) is 22.9 Å². The van der Waals surface area contributed by atoms with Gasteiger partial charge < -0.3 is 5.32 Å². The van der Waals surface area contributed by atoms with Crippen LogP contribution in [0, 0.1) is 0 Å². The Kier molecular flexibility index (Phi) is 2.89. The summed E-state index contributed by atoms with van der Waals surface area (Å²) in [6, 6.07) is 5.74. The van der Waals surface area contributed by atoms with Gasteiger partial charge in [0, 0.05) is 18.9 Å². The van der Waals surface area contributed by atoms with Gasteiger partial charge in [0.1, 0.15) is 6.54 Å². The van der Waals surface area contributed by atoms with Crippen molar-refractivity contribution in [1.29, 1.82) is 0 Å². The van der Waals surface area contributed by atoms with Crippen molar-refractivity contribution in [1.82, 2.24) is 35.1 Å². The number of fused-ring (bicyclic) bond motifs is 1. The fourth-order valence-corrected chi connectivity index (χ4v) is 1.80. The quantitative estimate of drug-likeness (QED) is 0.689. The maximum absolute atomic E-state index is 11.7. The zero-order chi connectivity index (χ0) is 13.1. The number of nitrogens with zero attached hydrogens (tertiary/aromatic N) is 6. The van der Waals surface area contributed by atoms with E-state index in [9.17, 15) is 4.79 Å². The average Bonchev–Trinajstić information content (AvgIpc) is 3.06. The van der Waals surface area contributed by atoms with E-state index in [1.165, 1.54) is 11.1 Å². The van der Waals surface area contributed by atoms with Gasteiger partial charge in [0.15, 0.2) is 6.33 Å². The number of carbonyl (C=O) groups is 1. The molecule has 0 saturated carbocycles. The van der Waals surface area contributed by atoms with Gasteiger partial charge in [-0.25, -0.2) is 4.52 Å². The van der Waals surface area contributed by atoms with E-state index < -0.39 is 0 Å². The number of rotatable bonds is 4. The smallest absolute Gasteiger partial charge is 0.243 e. The molecule has 3 rings (SSSR count). The van der Waals surface area contributed by atoms with Crippen LogP contribution in [0.5, 0.6) is 0 Å². The third kappa shape index (κ3) is 2.41. The molecule has 0 radical (unpaired) electrons. The molecule has 0 bridgehead atoms. The molecule has 96 valence electrons. The Hall–Kier alpha value is -2.77. The molecule has 0 atom stereocenters. The number of pyridine rings is 1. The lowest BCUT2D eigenvalue weighted by Gasteiger charge is -2.06. The highest BCUT2D eigenvalue weighted by molar-refractivity contribution is 5.75. The van der Waals surface area contributed by atoms with Crippen molar-refractivity contribution < 1.29 is 4.79 Å². The van der Waals surface area contributed by atoms with Crippen molar-refractivity contribution in [2.75, 3.05) is 0 Å². The van der Waals surface area contributed by atoms with Gasteiger partial charge in [0.05, 0.1) is 5.52 Å². The molecule has 0 spiro atoms. The highest BCUT2D eigenvalue weighted by Gasteiger charge is 2.06. The lowest BCUT2D eigenvalue weighted by Crippen LogP contribution is -2.28. The molecule has 3 aromatic heterocycles. The fourth-order valence-electron chi connectivity index (χ4n) is 1.80. The molecule has 8 heteroatoms. The molecule has 0 fully saturated rings. The van der Waals surface area contributed by atoms with Crippen LogP contribution in [0.3, 0.4) is 0 Å². The molecule has 0 aliphatic heterocycles. The summed E-state index contributed by atoms with van der Waals surface area (Å²) in [5, 5.41) is 17.9. The summed E-state index contributed by atoms with van der Waals surface area (Å²) in [6.07, 6.45) is 4.88. The van der Waals surface area contributed by atoms with E-state index in [0.717, 1.165) is 11.1 Å². The Morgan fingerprint density at radius 2 is 2.26 bits per heavy atom. The van der Waals surface area contributed by atoms with Gasteiger partial charge in [-0.1, -0.05) is 6.07 Å². The zero-order valence-electron chi connectivity index (χ0n) is 9.97. The van der Waals surface area contributed by atoms with Crippen LogP contribution in [0.15, 0.2) is 36.9 Å². The molecule has 19 heavy (non-hydrogen) atoms. The summed E-state index contributed by atoms with van der Waals surface area (Å²) in [6.45, 7) is 0.492. The summed E-state index contributed by atoms with van der Waals surface area (Å²) in [4.78, 5) is 12.9. The van der Waals surface area contributed by atoms with Crippen molar-refractivity contribution in [2.24, 2.45) is 0 Å². The Labute approximate surface area is 108 Å². The van der Waals surface area contributed by atoms with Crippen LogP contribution in [0.2, 0.25) is 0 Å². The lowest BCUT2D eigenvalue weighted by atomic mass is 10.2. The van der Waals surface area contributed by atoms with Crippen LogP contribution in [0.1, 0.15) is 5.56 Å². The summed E-state index contributed by atoms with van der Waals surface area (Å²) in [5.74, 6) is -0.167. The predicted octanol–water partition coefficient (Wildman–Crippen LogP) is -0.363. The number of aromatic nitrogens is 6. The highest BCUT2D eigenvalue weighted by Crippen LogP contribution is 2.09. The summed E-state index contributed by atoms with van der Waals surface area (Å²) < 4.78 is 1.76. The molecule has 0 aromatic carbocycles. The van der Waals surface area contributed by atoms with Crippen molar-refractivity contribution in [2.45, 2.75) is 13.1 Å². The number of carbonyl (C=O) groups excluding carboxylic acids is 1. The second-order valence-electron chi connectivity index (χ2n) is 3.94. The zero-order valence-corrected chi connectivity index (χ0v) is 9.97. The largest absolute Gasteiger partial charge is 0.350 e. The number of hydrogen-bond acceptors (Lipinski definition) is 5. The Morgan fingerprint density at radius 3 is 3.11 bits per heavy atom. The number of nitrogens with one attached hydrogen (secondary N) is 1. The van der Waals surface area contributed by atoms with Crippen LogP contribution in [-0.4, -0.2) is 35.7 Å². The van der Waals surface area contributed by atoms with E-state index in [-0.39, 0.29) is 12.5 Å². The third-order valence-corrected chi connectivity index (χ3v) is 2.68. The second-order valence-corrected chi connectivity index (χ2v) is 3.94. The van der Waals surface area contributed by atoms with Crippen molar-refractivity contribution in [3.05, 3.63) is 42.5 Å². The van der Waals surface area contributed by atoms with E-state index in [0.29, 0.717) is 6.54 Å². The summed E-state index contributed by atoms with van der Waals surface area (Å²) in [5.41, 5.74) is 1.97. The van der Waals surface area contributed by atoms with Crippen LogP contribution < -0.4 is 5.32 Å². The monoisotopic (exact) mass is 257 g/mol. The first-order valence-electron chi connectivity index (χ1n) is 5.71. The number of hydrogen-bond donors (Lipinski definition) is 1. The maximum atomic E-state index is 11.7. The Bertz CT molecular complexity index is 688. The molecule has 0 aliphatic rings. The molecule has 3 aromatic rings.